The third kappa shape index (κ3) is 7.66. The third-order valence-electron chi connectivity index (χ3n) is 5.56. The average Bonchev–Trinajstić information content (AvgIpc) is 2.78. The number of hydrogen-bond donors (Lipinski definition) is 2. The normalized spacial score (nSPS) is 12.7. The van der Waals surface area contributed by atoms with Crippen LogP contribution in [0.2, 0.25) is 0 Å². The molecule has 0 bridgehead atoms. The second kappa shape index (κ2) is 13.6. The fourth-order valence-electron chi connectivity index (χ4n) is 3.79. The lowest BCUT2D eigenvalue weighted by atomic mass is 9.95. The van der Waals surface area contributed by atoms with E-state index in [0.29, 0.717) is 13.1 Å². The molecule has 0 aliphatic carbocycles. The van der Waals surface area contributed by atoms with Gasteiger partial charge in [-0.2, -0.15) is 0 Å². The Morgan fingerprint density at radius 1 is 0.633 bits per heavy atom. The smallest absolute Gasteiger partial charge is 0.227 e. The van der Waals surface area contributed by atoms with Crippen LogP contribution in [0.4, 0.5) is 0 Å². The minimum atomic E-state index is -0.0717. The molecule has 4 nitrogen and oxygen atoms in total. The molecule has 2 aromatic carbocycles. The monoisotopic (exact) mass is 408 g/mol. The van der Waals surface area contributed by atoms with E-state index < -0.39 is 0 Å². The van der Waals surface area contributed by atoms with Crippen LogP contribution in [-0.2, 0) is 9.59 Å². The van der Waals surface area contributed by atoms with Crippen molar-refractivity contribution in [3.8, 4) is 0 Å². The Labute approximate surface area is 181 Å². The van der Waals surface area contributed by atoms with Crippen LogP contribution in [0.25, 0.3) is 0 Å². The fourth-order valence-corrected chi connectivity index (χ4v) is 3.79. The minimum absolute atomic E-state index is 0.0717. The van der Waals surface area contributed by atoms with E-state index >= 15 is 0 Å². The molecule has 2 amide bonds. The molecule has 30 heavy (non-hydrogen) atoms. The molecular formula is C26H36N2O2. The number of carbonyl (C=O) groups is 2. The highest BCUT2D eigenvalue weighted by molar-refractivity contribution is 5.84. The second-order valence-electron chi connectivity index (χ2n) is 7.74. The minimum Gasteiger partial charge on any atom is -0.356 e. The highest BCUT2D eigenvalue weighted by Crippen LogP contribution is 2.20. The Hall–Kier alpha value is -2.62. The van der Waals surface area contributed by atoms with Gasteiger partial charge in [0.05, 0.1) is 11.8 Å². The fraction of sp³-hybridized carbons (Fsp3) is 0.462. The molecule has 0 radical (unpaired) electrons. The van der Waals surface area contributed by atoms with E-state index in [0.717, 1.165) is 49.7 Å². The first kappa shape index (κ1) is 23.7. The molecule has 2 N–H and O–H groups in total. The molecule has 0 fully saturated rings. The summed E-state index contributed by atoms with van der Waals surface area (Å²) in [5.74, 6) is 0.0834. The number of unbranched alkanes of at least 4 members (excludes halogenated alkanes) is 3. The predicted molar refractivity (Wildman–Crippen MR) is 123 cm³/mol. The first-order valence-electron chi connectivity index (χ1n) is 11.3. The average molecular weight is 409 g/mol. The van der Waals surface area contributed by atoms with E-state index in [4.69, 9.17) is 0 Å². The van der Waals surface area contributed by atoms with Gasteiger partial charge < -0.3 is 10.6 Å². The molecule has 0 aliphatic rings. The van der Waals surface area contributed by atoms with Crippen LogP contribution < -0.4 is 10.6 Å². The Morgan fingerprint density at radius 3 is 1.33 bits per heavy atom. The van der Waals surface area contributed by atoms with Crippen LogP contribution in [0.1, 0.15) is 75.3 Å². The van der Waals surface area contributed by atoms with E-state index in [-0.39, 0.29) is 23.7 Å². The molecule has 0 saturated carbocycles. The maximum absolute atomic E-state index is 12.4. The van der Waals surface area contributed by atoms with Gasteiger partial charge in [0.1, 0.15) is 0 Å². The van der Waals surface area contributed by atoms with Gasteiger partial charge in [-0.05, 0) is 36.8 Å². The Kier molecular flexibility index (Phi) is 10.7. The van der Waals surface area contributed by atoms with Gasteiger partial charge in [-0.1, -0.05) is 87.4 Å². The van der Waals surface area contributed by atoms with Crippen molar-refractivity contribution < 1.29 is 9.59 Å². The van der Waals surface area contributed by atoms with Crippen molar-refractivity contribution in [3.63, 3.8) is 0 Å². The van der Waals surface area contributed by atoms with Crippen LogP contribution in [0, 0.1) is 0 Å². The van der Waals surface area contributed by atoms with Gasteiger partial charge in [0.2, 0.25) is 11.8 Å². The lowest BCUT2D eigenvalue weighted by molar-refractivity contribution is -0.123. The van der Waals surface area contributed by atoms with E-state index in [1.807, 2.05) is 74.5 Å². The molecular weight excluding hydrogens is 372 g/mol. The summed E-state index contributed by atoms with van der Waals surface area (Å²) in [6.45, 7) is 5.51. The standard InChI is InChI=1S/C26H36N2O2/c1-3-23(21-15-9-7-10-16-21)25(29)27-19-13-5-6-14-20-28-26(30)24(4-2)22-17-11-8-12-18-22/h7-12,15-18,23-24H,3-6,13-14,19-20H2,1-2H3,(H,27,29)(H,28,30)/t23-,24-/m1/s1. The van der Waals surface area contributed by atoms with Gasteiger partial charge in [0.25, 0.3) is 0 Å². The summed E-state index contributed by atoms with van der Waals surface area (Å²) >= 11 is 0. The lowest BCUT2D eigenvalue weighted by Gasteiger charge is -2.16. The van der Waals surface area contributed by atoms with Crippen molar-refractivity contribution in [1.29, 1.82) is 0 Å². The van der Waals surface area contributed by atoms with Crippen molar-refractivity contribution in [2.45, 2.75) is 64.2 Å². The summed E-state index contributed by atoms with van der Waals surface area (Å²) in [5.41, 5.74) is 2.16. The molecule has 4 heteroatoms. The van der Waals surface area contributed by atoms with Crippen LogP contribution >= 0.6 is 0 Å². The molecule has 0 aliphatic heterocycles. The van der Waals surface area contributed by atoms with E-state index in [2.05, 4.69) is 10.6 Å². The third-order valence-corrected chi connectivity index (χ3v) is 5.56. The molecule has 0 saturated heterocycles. The SMILES string of the molecule is CC[C@@H](C(=O)NCCCCCCNC(=O)[C@H](CC)c1ccccc1)c1ccccc1. The molecule has 0 spiro atoms. The van der Waals surface area contributed by atoms with Crippen LogP contribution in [0.5, 0.6) is 0 Å². The number of rotatable bonds is 13. The van der Waals surface area contributed by atoms with Crippen LogP contribution in [0.3, 0.4) is 0 Å². The number of amides is 2. The zero-order chi connectivity index (χ0) is 21.6. The zero-order valence-corrected chi connectivity index (χ0v) is 18.4. The van der Waals surface area contributed by atoms with Crippen LogP contribution in [0.15, 0.2) is 60.7 Å². The van der Waals surface area contributed by atoms with Crippen molar-refractivity contribution in [3.05, 3.63) is 71.8 Å². The summed E-state index contributed by atoms with van der Waals surface area (Å²) in [4.78, 5) is 24.9. The van der Waals surface area contributed by atoms with Crippen LogP contribution in [-0.4, -0.2) is 24.9 Å². The molecule has 0 unspecified atom stereocenters. The highest BCUT2D eigenvalue weighted by Gasteiger charge is 2.18. The van der Waals surface area contributed by atoms with Gasteiger partial charge >= 0.3 is 0 Å². The lowest BCUT2D eigenvalue weighted by Crippen LogP contribution is -2.30. The largest absolute Gasteiger partial charge is 0.356 e. The quantitative estimate of drug-likeness (QED) is 0.449. The highest BCUT2D eigenvalue weighted by atomic mass is 16.2. The zero-order valence-electron chi connectivity index (χ0n) is 18.4. The van der Waals surface area contributed by atoms with E-state index in [1.54, 1.807) is 0 Å². The summed E-state index contributed by atoms with van der Waals surface area (Å²) in [6, 6.07) is 19.9. The first-order valence-corrected chi connectivity index (χ1v) is 11.3. The summed E-state index contributed by atoms with van der Waals surface area (Å²) < 4.78 is 0. The topological polar surface area (TPSA) is 58.2 Å². The maximum atomic E-state index is 12.4. The van der Waals surface area contributed by atoms with E-state index in [9.17, 15) is 9.59 Å². The number of nitrogens with one attached hydrogen (secondary N) is 2. The van der Waals surface area contributed by atoms with E-state index in [1.165, 1.54) is 0 Å². The summed E-state index contributed by atoms with van der Waals surface area (Å²) in [6.07, 6.45) is 5.63. The summed E-state index contributed by atoms with van der Waals surface area (Å²) in [7, 11) is 0. The molecule has 2 aromatic rings. The van der Waals surface area contributed by atoms with Gasteiger partial charge in [-0.25, -0.2) is 0 Å². The molecule has 0 aromatic heterocycles. The predicted octanol–water partition coefficient (Wildman–Crippen LogP) is 5.17. The summed E-state index contributed by atoms with van der Waals surface area (Å²) in [5, 5.41) is 6.15. The number of carbonyl (C=O) groups excluding carboxylic acids is 2. The maximum Gasteiger partial charge on any atom is 0.227 e. The Morgan fingerprint density at radius 2 is 1.00 bits per heavy atom. The first-order chi connectivity index (χ1) is 14.7. The van der Waals surface area contributed by atoms with Gasteiger partial charge in [-0.3, -0.25) is 9.59 Å². The second-order valence-corrected chi connectivity index (χ2v) is 7.74. The van der Waals surface area contributed by atoms with Crippen molar-refractivity contribution >= 4 is 11.8 Å². The van der Waals surface area contributed by atoms with Crippen molar-refractivity contribution in [2.24, 2.45) is 0 Å². The van der Waals surface area contributed by atoms with Crippen molar-refractivity contribution in [1.82, 2.24) is 10.6 Å². The molecule has 162 valence electrons. The molecule has 0 heterocycles. The number of hydrogen-bond acceptors (Lipinski definition) is 2. The molecule has 2 atom stereocenters. The van der Waals surface area contributed by atoms with Gasteiger partial charge in [-0.15, -0.1) is 0 Å². The van der Waals surface area contributed by atoms with Crippen molar-refractivity contribution in [2.75, 3.05) is 13.1 Å². The Balaban J connectivity index is 1.57. The Bertz CT molecular complexity index is 681. The van der Waals surface area contributed by atoms with Gasteiger partial charge in [0.15, 0.2) is 0 Å². The number of benzene rings is 2. The molecule has 2 rings (SSSR count). The van der Waals surface area contributed by atoms with Gasteiger partial charge in [0, 0.05) is 13.1 Å².